The molecule has 0 radical (unpaired) electrons. The first-order valence-corrected chi connectivity index (χ1v) is 5.59. The van der Waals surface area contributed by atoms with Crippen molar-refractivity contribution in [2.45, 2.75) is 31.5 Å². The monoisotopic (exact) mass is 162 g/mol. The molecule has 1 heteroatoms. The second kappa shape index (κ2) is 1.39. The summed E-state index contributed by atoms with van der Waals surface area (Å²) >= 11 is 0. The van der Waals surface area contributed by atoms with Gasteiger partial charge in [-0.15, -0.1) is 0 Å². The molecule has 0 aromatic heterocycles. The van der Waals surface area contributed by atoms with Crippen LogP contribution in [0.3, 0.4) is 0 Å². The SMILES string of the molecule is C1[C@@H]2[C@@H]3C[C@H]4O[C@H]5C[C@H]3[C@@H]1[C@H]5[C@@H]24. The maximum absolute atomic E-state index is 6.13. The molecule has 1 heterocycles. The van der Waals surface area contributed by atoms with Crippen LogP contribution in [0.5, 0.6) is 0 Å². The van der Waals surface area contributed by atoms with Gasteiger partial charge in [-0.1, -0.05) is 0 Å². The Labute approximate surface area is 72.5 Å². The van der Waals surface area contributed by atoms with Gasteiger partial charge < -0.3 is 4.74 Å². The van der Waals surface area contributed by atoms with Crippen molar-refractivity contribution in [2.75, 3.05) is 0 Å². The summed E-state index contributed by atoms with van der Waals surface area (Å²) in [5.41, 5.74) is 0. The van der Waals surface area contributed by atoms with E-state index in [1.54, 1.807) is 6.42 Å². The minimum absolute atomic E-state index is 0.729. The van der Waals surface area contributed by atoms with E-state index in [1.165, 1.54) is 12.8 Å². The van der Waals surface area contributed by atoms with Crippen LogP contribution in [0.1, 0.15) is 19.3 Å². The zero-order valence-corrected chi connectivity index (χ0v) is 7.15. The molecule has 0 N–H and O–H groups in total. The standard InChI is InChI=1S/C11H14O/c1-6-4-2-8-10(6)11-7(1)5(4)3-9(11)12-8/h4-11H,1-3H2/t4-,5-,6-,7-,8-,9+,10+,11-/m1/s1. The van der Waals surface area contributed by atoms with Crippen LogP contribution in [0.4, 0.5) is 0 Å². The van der Waals surface area contributed by atoms with Crippen LogP contribution >= 0.6 is 0 Å². The molecule has 0 unspecified atom stereocenters. The Bertz CT molecular complexity index is 244. The van der Waals surface area contributed by atoms with Crippen molar-refractivity contribution < 1.29 is 4.74 Å². The van der Waals surface area contributed by atoms with E-state index in [9.17, 15) is 0 Å². The molecule has 0 aromatic rings. The second-order valence-corrected chi connectivity index (χ2v) is 5.73. The third kappa shape index (κ3) is 0.348. The van der Waals surface area contributed by atoms with E-state index in [0.29, 0.717) is 0 Å². The van der Waals surface area contributed by atoms with Crippen molar-refractivity contribution in [3.05, 3.63) is 0 Å². The van der Waals surface area contributed by atoms with Crippen LogP contribution in [-0.2, 0) is 4.74 Å². The van der Waals surface area contributed by atoms with Gasteiger partial charge in [0.1, 0.15) is 0 Å². The Kier molecular flexibility index (Phi) is 0.654. The van der Waals surface area contributed by atoms with Crippen molar-refractivity contribution in [2.24, 2.45) is 35.5 Å². The topological polar surface area (TPSA) is 9.23 Å². The maximum atomic E-state index is 6.13. The lowest BCUT2D eigenvalue weighted by atomic mass is 9.80. The van der Waals surface area contributed by atoms with Crippen molar-refractivity contribution in [3.63, 3.8) is 0 Å². The highest BCUT2D eigenvalue weighted by molar-refractivity contribution is 5.20. The fourth-order valence-electron chi connectivity index (χ4n) is 5.87. The summed E-state index contributed by atoms with van der Waals surface area (Å²) in [7, 11) is 0. The Morgan fingerprint density at radius 3 is 1.83 bits per heavy atom. The fraction of sp³-hybridized carbons (Fsp3) is 1.00. The molecule has 12 heavy (non-hydrogen) atoms. The third-order valence-electron chi connectivity index (χ3n) is 5.84. The summed E-state index contributed by atoms with van der Waals surface area (Å²) in [5.74, 6) is 6.58. The van der Waals surface area contributed by atoms with Gasteiger partial charge >= 0.3 is 0 Å². The lowest BCUT2D eigenvalue weighted by Crippen LogP contribution is -2.22. The van der Waals surface area contributed by atoms with Crippen molar-refractivity contribution >= 4 is 0 Å². The summed E-state index contributed by atoms with van der Waals surface area (Å²) < 4.78 is 6.13. The molecule has 64 valence electrons. The number of ether oxygens (including phenoxy) is 1. The van der Waals surface area contributed by atoms with E-state index in [-0.39, 0.29) is 0 Å². The normalized spacial score (nSPS) is 80.0. The zero-order chi connectivity index (χ0) is 7.45. The first kappa shape index (κ1) is 5.64. The van der Waals surface area contributed by atoms with Crippen LogP contribution in [0.25, 0.3) is 0 Å². The van der Waals surface area contributed by atoms with Gasteiger partial charge in [0.15, 0.2) is 0 Å². The highest BCUT2D eigenvalue weighted by Crippen LogP contribution is 2.74. The Balaban J connectivity index is 1.87. The Morgan fingerprint density at radius 2 is 1.25 bits per heavy atom. The Hall–Kier alpha value is -0.0400. The minimum atomic E-state index is 0.729. The maximum Gasteiger partial charge on any atom is 0.0616 e. The number of hydrogen-bond donors (Lipinski definition) is 0. The fourth-order valence-corrected chi connectivity index (χ4v) is 5.87. The summed E-state index contributed by atoms with van der Waals surface area (Å²) in [6, 6.07) is 0. The van der Waals surface area contributed by atoms with E-state index in [2.05, 4.69) is 0 Å². The van der Waals surface area contributed by atoms with E-state index >= 15 is 0 Å². The number of rotatable bonds is 0. The molecule has 4 saturated carbocycles. The largest absolute Gasteiger partial charge is 0.374 e. The quantitative estimate of drug-likeness (QED) is 0.526. The predicted molar refractivity (Wildman–Crippen MR) is 43.5 cm³/mol. The van der Waals surface area contributed by atoms with Gasteiger partial charge in [-0.25, -0.2) is 0 Å². The minimum Gasteiger partial charge on any atom is -0.374 e. The van der Waals surface area contributed by atoms with Gasteiger partial charge in [0.05, 0.1) is 12.2 Å². The van der Waals surface area contributed by atoms with Crippen LogP contribution in [0, 0.1) is 35.5 Å². The van der Waals surface area contributed by atoms with Gasteiger partial charge in [-0.3, -0.25) is 0 Å². The van der Waals surface area contributed by atoms with Crippen molar-refractivity contribution in [3.8, 4) is 0 Å². The van der Waals surface area contributed by atoms with Gasteiger partial charge in [0.2, 0.25) is 0 Å². The predicted octanol–water partition coefficient (Wildman–Crippen LogP) is 1.68. The molecule has 0 spiro atoms. The van der Waals surface area contributed by atoms with Crippen LogP contribution in [-0.4, -0.2) is 12.2 Å². The van der Waals surface area contributed by atoms with Crippen LogP contribution < -0.4 is 0 Å². The van der Waals surface area contributed by atoms with E-state index in [0.717, 1.165) is 47.7 Å². The summed E-state index contributed by atoms with van der Waals surface area (Å²) in [4.78, 5) is 0. The zero-order valence-electron chi connectivity index (χ0n) is 7.15. The molecular weight excluding hydrogens is 148 g/mol. The molecule has 5 fully saturated rings. The van der Waals surface area contributed by atoms with Gasteiger partial charge in [-0.2, -0.15) is 0 Å². The second-order valence-electron chi connectivity index (χ2n) is 5.73. The van der Waals surface area contributed by atoms with Crippen molar-refractivity contribution in [1.82, 2.24) is 0 Å². The Morgan fingerprint density at radius 1 is 0.667 bits per heavy atom. The smallest absolute Gasteiger partial charge is 0.0616 e. The summed E-state index contributed by atoms with van der Waals surface area (Å²) in [6.07, 6.45) is 5.95. The third-order valence-corrected chi connectivity index (χ3v) is 5.84. The molecule has 1 nitrogen and oxygen atoms in total. The molecule has 1 aliphatic heterocycles. The lowest BCUT2D eigenvalue weighted by molar-refractivity contribution is 0.0392. The molecule has 2 bridgehead atoms. The van der Waals surface area contributed by atoms with Gasteiger partial charge in [0, 0.05) is 0 Å². The molecule has 5 aliphatic rings. The molecule has 4 aliphatic carbocycles. The van der Waals surface area contributed by atoms with E-state index in [1.807, 2.05) is 0 Å². The van der Waals surface area contributed by atoms with E-state index < -0.39 is 0 Å². The summed E-state index contributed by atoms with van der Waals surface area (Å²) in [6.45, 7) is 0. The molecular formula is C11H14O. The van der Waals surface area contributed by atoms with Gasteiger partial charge in [-0.05, 0) is 54.8 Å². The molecule has 5 rings (SSSR count). The number of fused-ring (bicyclic) bond motifs is 1. The first-order valence-electron chi connectivity index (χ1n) is 5.59. The first-order chi connectivity index (χ1) is 5.93. The average molecular weight is 162 g/mol. The van der Waals surface area contributed by atoms with Crippen molar-refractivity contribution in [1.29, 1.82) is 0 Å². The van der Waals surface area contributed by atoms with Gasteiger partial charge in [0.25, 0.3) is 0 Å². The van der Waals surface area contributed by atoms with E-state index in [4.69, 9.17) is 4.74 Å². The van der Waals surface area contributed by atoms with Crippen LogP contribution in [0.2, 0.25) is 0 Å². The van der Waals surface area contributed by atoms with Crippen LogP contribution in [0.15, 0.2) is 0 Å². The highest BCUT2D eigenvalue weighted by Gasteiger charge is 2.73. The number of hydrogen-bond acceptors (Lipinski definition) is 1. The lowest BCUT2D eigenvalue weighted by Gasteiger charge is -2.23. The highest BCUT2D eigenvalue weighted by atomic mass is 16.5. The molecule has 8 atom stereocenters. The molecule has 0 aromatic carbocycles. The average Bonchev–Trinajstić information content (AvgIpc) is 2.57. The summed E-state index contributed by atoms with van der Waals surface area (Å²) in [5, 5.41) is 0. The molecule has 0 amide bonds. The molecule has 1 saturated heterocycles.